The van der Waals surface area contributed by atoms with E-state index in [9.17, 15) is 5.11 Å². The number of benzene rings is 1. The molecule has 1 aliphatic rings. The molecule has 0 saturated carbocycles. The van der Waals surface area contributed by atoms with Gasteiger partial charge in [0.15, 0.2) is 0 Å². The SMILES string of the molecule is Cc1cncc(CN2CCC(O)c3ccccc32)c1. The maximum atomic E-state index is 10.1. The van der Waals surface area contributed by atoms with Gasteiger partial charge in [-0.25, -0.2) is 0 Å². The molecule has 0 radical (unpaired) electrons. The number of aryl methyl sites for hydroxylation is 1. The van der Waals surface area contributed by atoms with Gasteiger partial charge in [-0.2, -0.15) is 0 Å². The zero-order valence-corrected chi connectivity index (χ0v) is 11.1. The molecule has 2 aromatic rings. The molecule has 19 heavy (non-hydrogen) atoms. The number of para-hydroxylation sites is 1. The molecule has 0 aliphatic carbocycles. The van der Waals surface area contributed by atoms with Crippen LogP contribution in [0.25, 0.3) is 0 Å². The summed E-state index contributed by atoms with van der Waals surface area (Å²) in [6.45, 7) is 3.79. The number of anilines is 1. The van der Waals surface area contributed by atoms with Crippen LogP contribution in [-0.2, 0) is 6.54 Å². The third-order valence-electron chi connectivity index (χ3n) is 3.61. The Morgan fingerprint density at radius 2 is 2.16 bits per heavy atom. The summed E-state index contributed by atoms with van der Waals surface area (Å²) in [6.07, 6.45) is 4.25. The van der Waals surface area contributed by atoms with Crippen molar-refractivity contribution in [3.05, 3.63) is 59.4 Å². The number of hydrogen-bond acceptors (Lipinski definition) is 3. The molecular formula is C16H18N2O. The minimum atomic E-state index is -0.330. The second-order valence-electron chi connectivity index (χ2n) is 5.16. The Bertz CT molecular complexity index is 582. The first kappa shape index (κ1) is 12.2. The second-order valence-corrected chi connectivity index (χ2v) is 5.16. The summed E-state index contributed by atoms with van der Waals surface area (Å²) in [5.74, 6) is 0. The van der Waals surface area contributed by atoms with Crippen LogP contribution >= 0.6 is 0 Å². The van der Waals surface area contributed by atoms with Crippen molar-refractivity contribution in [2.24, 2.45) is 0 Å². The maximum absolute atomic E-state index is 10.1. The quantitative estimate of drug-likeness (QED) is 0.895. The molecule has 0 bridgehead atoms. The van der Waals surface area contributed by atoms with Crippen molar-refractivity contribution in [2.75, 3.05) is 11.4 Å². The lowest BCUT2D eigenvalue weighted by atomic mass is 9.98. The van der Waals surface area contributed by atoms with Crippen LogP contribution in [0.5, 0.6) is 0 Å². The molecule has 3 heteroatoms. The summed E-state index contributed by atoms with van der Waals surface area (Å²) in [7, 11) is 0. The second kappa shape index (κ2) is 5.02. The molecule has 3 nitrogen and oxygen atoms in total. The van der Waals surface area contributed by atoms with E-state index in [0.717, 1.165) is 30.8 Å². The molecular weight excluding hydrogens is 236 g/mol. The number of fused-ring (bicyclic) bond motifs is 1. The van der Waals surface area contributed by atoms with Crippen LogP contribution in [0.2, 0.25) is 0 Å². The molecule has 0 fully saturated rings. The Morgan fingerprint density at radius 3 is 3.00 bits per heavy atom. The van der Waals surface area contributed by atoms with E-state index in [1.54, 1.807) is 0 Å². The molecule has 1 aromatic heterocycles. The number of aliphatic hydroxyl groups excluding tert-OH is 1. The van der Waals surface area contributed by atoms with E-state index >= 15 is 0 Å². The average molecular weight is 254 g/mol. The van der Waals surface area contributed by atoms with Gasteiger partial charge in [-0.05, 0) is 30.5 Å². The smallest absolute Gasteiger partial charge is 0.0826 e. The number of nitrogens with zero attached hydrogens (tertiary/aromatic N) is 2. The summed E-state index contributed by atoms with van der Waals surface area (Å²) >= 11 is 0. The fraction of sp³-hybridized carbons (Fsp3) is 0.312. The molecule has 3 rings (SSSR count). The summed E-state index contributed by atoms with van der Waals surface area (Å²) in [4.78, 5) is 6.56. The third-order valence-corrected chi connectivity index (χ3v) is 3.61. The van der Waals surface area contributed by atoms with Crippen LogP contribution in [0.1, 0.15) is 29.2 Å². The third kappa shape index (κ3) is 2.47. The van der Waals surface area contributed by atoms with Gasteiger partial charge in [-0.1, -0.05) is 24.3 Å². The summed E-state index contributed by atoms with van der Waals surface area (Å²) in [5.41, 5.74) is 4.58. The standard InChI is InChI=1S/C16H18N2O/c1-12-8-13(10-17-9-12)11-18-7-6-16(19)14-4-2-3-5-15(14)18/h2-5,8-10,16,19H,6-7,11H2,1H3. The zero-order valence-electron chi connectivity index (χ0n) is 11.1. The summed E-state index contributed by atoms with van der Waals surface area (Å²) < 4.78 is 0. The Balaban J connectivity index is 1.89. The molecule has 0 saturated heterocycles. The Labute approximate surface area is 113 Å². The maximum Gasteiger partial charge on any atom is 0.0826 e. The van der Waals surface area contributed by atoms with Crippen LogP contribution in [0, 0.1) is 6.92 Å². The van der Waals surface area contributed by atoms with Crippen molar-refractivity contribution in [1.82, 2.24) is 4.98 Å². The number of pyridine rings is 1. The molecule has 1 aromatic carbocycles. The number of aromatic nitrogens is 1. The van der Waals surface area contributed by atoms with Crippen molar-refractivity contribution in [2.45, 2.75) is 26.0 Å². The first-order valence-corrected chi connectivity index (χ1v) is 6.66. The highest BCUT2D eigenvalue weighted by molar-refractivity contribution is 5.56. The van der Waals surface area contributed by atoms with E-state index in [0.29, 0.717) is 0 Å². The average Bonchev–Trinajstić information content (AvgIpc) is 2.42. The van der Waals surface area contributed by atoms with Gasteiger partial charge in [0.1, 0.15) is 0 Å². The van der Waals surface area contributed by atoms with Gasteiger partial charge in [0.2, 0.25) is 0 Å². The topological polar surface area (TPSA) is 36.4 Å². The van der Waals surface area contributed by atoms with Crippen LogP contribution in [0.3, 0.4) is 0 Å². The van der Waals surface area contributed by atoms with Crippen molar-refractivity contribution >= 4 is 5.69 Å². The van der Waals surface area contributed by atoms with Crippen molar-refractivity contribution in [1.29, 1.82) is 0 Å². The van der Waals surface area contributed by atoms with Gasteiger partial charge in [0.05, 0.1) is 6.10 Å². The highest BCUT2D eigenvalue weighted by Gasteiger charge is 2.22. The van der Waals surface area contributed by atoms with Gasteiger partial charge in [-0.3, -0.25) is 4.98 Å². The fourth-order valence-corrected chi connectivity index (χ4v) is 2.70. The highest BCUT2D eigenvalue weighted by Crippen LogP contribution is 2.34. The van der Waals surface area contributed by atoms with Crippen LogP contribution in [0.4, 0.5) is 5.69 Å². The van der Waals surface area contributed by atoms with Gasteiger partial charge < -0.3 is 10.0 Å². The van der Waals surface area contributed by atoms with E-state index in [1.165, 1.54) is 11.1 Å². The van der Waals surface area contributed by atoms with Crippen molar-refractivity contribution in [3.63, 3.8) is 0 Å². The van der Waals surface area contributed by atoms with Crippen LogP contribution in [0.15, 0.2) is 42.7 Å². The van der Waals surface area contributed by atoms with Crippen molar-refractivity contribution < 1.29 is 5.11 Å². The van der Waals surface area contributed by atoms with Gasteiger partial charge >= 0.3 is 0 Å². The fourth-order valence-electron chi connectivity index (χ4n) is 2.70. The monoisotopic (exact) mass is 254 g/mol. The molecule has 0 amide bonds. The Hall–Kier alpha value is -1.87. The van der Waals surface area contributed by atoms with Crippen LogP contribution in [-0.4, -0.2) is 16.6 Å². The minimum Gasteiger partial charge on any atom is -0.388 e. The Kier molecular flexibility index (Phi) is 3.22. The lowest BCUT2D eigenvalue weighted by Gasteiger charge is -2.33. The van der Waals surface area contributed by atoms with Gasteiger partial charge in [0, 0.05) is 36.7 Å². The van der Waals surface area contributed by atoms with E-state index < -0.39 is 0 Å². The van der Waals surface area contributed by atoms with Crippen molar-refractivity contribution in [3.8, 4) is 0 Å². The molecule has 0 spiro atoms. The van der Waals surface area contributed by atoms with E-state index in [-0.39, 0.29) is 6.10 Å². The number of hydrogen-bond donors (Lipinski definition) is 1. The number of aliphatic hydroxyl groups is 1. The first-order chi connectivity index (χ1) is 9.24. The zero-order chi connectivity index (χ0) is 13.2. The van der Waals surface area contributed by atoms with E-state index in [4.69, 9.17) is 0 Å². The molecule has 2 heterocycles. The van der Waals surface area contributed by atoms with Gasteiger partial charge in [0.25, 0.3) is 0 Å². The number of rotatable bonds is 2. The largest absolute Gasteiger partial charge is 0.388 e. The predicted molar refractivity (Wildman–Crippen MR) is 76.0 cm³/mol. The first-order valence-electron chi connectivity index (χ1n) is 6.66. The summed E-state index contributed by atoms with van der Waals surface area (Å²) in [5, 5.41) is 10.1. The molecule has 98 valence electrons. The lowest BCUT2D eigenvalue weighted by molar-refractivity contribution is 0.164. The lowest BCUT2D eigenvalue weighted by Crippen LogP contribution is -2.30. The summed E-state index contributed by atoms with van der Waals surface area (Å²) in [6, 6.07) is 10.3. The van der Waals surface area contributed by atoms with E-state index in [2.05, 4.69) is 28.9 Å². The van der Waals surface area contributed by atoms with E-state index in [1.807, 2.05) is 30.6 Å². The molecule has 1 unspecified atom stereocenters. The molecule has 1 atom stereocenters. The minimum absolute atomic E-state index is 0.330. The molecule has 1 aliphatic heterocycles. The van der Waals surface area contributed by atoms with Gasteiger partial charge in [-0.15, -0.1) is 0 Å². The highest BCUT2D eigenvalue weighted by atomic mass is 16.3. The van der Waals surface area contributed by atoms with Crippen LogP contribution < -0.4 is 4.90 Å². The Morgan fingerprint density at radius 1 is 1.32 bits per heavy atom. The predicted octanol–water partition coefficient (Wildman–Crippen LogP) is 2.83. The normalized spacial score (nSPS) is 18.2. The molecule has 1 N–H and O–H groups in total.